The topological polar surface area (TPSA) is 132 Å². The second kappa shape index (κ2) is 19.7. The van der Waals surface area contributed by atoms with Gasteiger partial charge in [-0.2, -0.15) is 0 Å². The van der Waals surface area contributed by atoms with Gasteiger partial charge in [0.25, 0.3) is 11.1 Å². The minimum atomic E-state index is -1.07. The van der Waals surface area contributed by atoms with Crippen LogP contribution in [0.5, 0.6) is 0 Å². The maximum absolute atomic E-state index is 12.8. The normalized spacial score (nSPS) is 13.2. The Kier molecular flexibility index (Phi) is 13.8. The van der Waals surface area contributed by atoms with E-state index in [1.807, 2.05) is 138 Å². The fraction of sp³-hybridized carbons (Fsp3) is 0.143. The lowest BCUT2D eigenvalue weighted by Crippen LogP contribution is -2.41. The second-order valence-electron chi connectivity index (χ2n) is 17.6. The zero-order valence-electron chi connectivity index (χ0n) is 39.3. The number of nitrogens with zero attached hydrogens (tertiary/aromatic N) is 6. The number of imidazole rings is 2. The molecule has 10 rings (SSSR count). The molecule has 0 fully saturated rings. The van der Waals surface area contributed by atoms with Crippen LogP contribution in [-0.4, -0.2) is 28.2 Å². The minimum absolute atomic E-state index is 0.0955. The SMILES string of the molecule is CCc1cc(Cl)ccc1[C@@](N)(c1ccc2c(c1)c(-c1cccc(Cl)c1)cc(=O)n2C)c1cncn1C.Cn1cncc1[C@](N)(c1ccc2c(c1)c(-c1cccc(Cl)c1)cc(=O)n2C)c1ccc(Cl)cc1Br. The van der Waals surface area contributed by atoms with Gasteiger partial charge in [-0.1, -0.05) is 118 Å². The number of aryl methyl sites for hydroxylation is 5. The second-order valence-corrected chi connectivity index (χ2v) is 20.2. The van der Waals surface area contributed by atoms with Crippen molar-refractivity contribution in [3.05, 3.63) is 243 Å². The molecular weight excluding hydrogens is 1040 g/mol. The zero-order chi connectivity index (χ0) is 50.5. The largest absolute Gasteiger partial charge is 0.336 e. The van der Waals surface area contributed by atoms with Gasteiger partial charge < -0.3 is 29.7 Å². The van der Waals surface area contributed by atoms with E-state index in [-0.39, 0.29) is 11.1 Å². The van der Waals surface area contributed by atoms with Crippen LogP contribution >= 0.6 is 62.3 Å². The highest BCUT2D eigenvalue weighted by Crippen LogP contribution is 2.42. The molecule has 358 valence electrons. The van der Waals surface area contributed by atoms with Crippen molar-refractivity contribution < 1.29 is 0 Å². The summed E-state index contributed by atoms with van der Waals surface area (Å²) in [6, 6.07) is 41.7. The van der Waals surface area contributed by atoms with Crippen molar-refractivity contribution in [1.29, 1.82) is 0 Å². The maximum Gasteiger partial charge on any atom is 0.251 e. The lowest BCUT2D eigenvalue weighted by atomic mass is 9.77. The standard InChI is InChI=1S/C29H26Cl2N4O.C27H21BrCl2N4O/c1-4-18-12-22(31)9-10-25(18)29(32,27-16-33-17-34(27)2)20-8-11-26-24(14-20)23(15-28(36)35(26)3)19-6-5-7-21(30)13-19;1-33-15-32-14-25(33)27(31,22-8-7-19(30)12-23(22)28)17-6-9-24-21(11-17)20(13-26(35)34(24)2)16-4-3-5-18(29)10-16/h5-17H,4,32H2,1-3H3;3-15H,31H2,1-2H3/t29-;27-/m00/s1. The van der Waals surface area contributed by atoms with Crippen LogP contribution in [0.25, 0.3) is 44.1 Å². The molecule has 0 bridgehead atoms. The van der Waals surface area contributed by atoms with Crippen LogP contribution in [0.4, 0.5) is 0 Å². The van der Waals surface area contributed by atoms with Crippen molar-refractivity contribution >= 4 is 84.1 Å². The molecule has 0 amide bonds. The molecule has 2 atom stereocenters. The fourth-order valence-electron chi connectivity index (χ4n) is 9.61. The molecule has 0 unspecified atom stereocenters. The number of aromatic nitrogens is 6. The summed E-state index contributed by atoms with van der Waals surface area (Å²) in [4.78, 5) is 34.3. The van der Waals surface area contributed by atoms with E-state index in [0.29, 0.717) is 20.1 Å². The summed E-state index contributed by atoms with van der Waals surface area (Å²) in [6.45, 7) is 2.09. The third-order valence-electron chi connectivity index (χ3n) is 13.3. The summed E-state index contributed by atoms with van der Waals surface area (Å²) in [5.74, 6) is 0. The van der Waals surface area contributed by atoms with Crippen LogP contribution < -0.4 is 22.6 Å². The van der Waals surface area contributed by atoms with Crippen molar-refractivity contribution in [2.24, 2.45) is 39.7 Å². The van der Waals surface area contributed by atoms with Gasteiger partial charge in [0, 0.05) is 75.7 Å². The first-order valence-electron chi connectivity index (χ1n) is 22.5. The molecule has 0 radical (unpaired) electrons. The monoisotopic (exact) mass is 1080 g/mol. The molecule has 71 heavy (non-hydrogen) atoms. The lowest BCUT2D eigenvalue weighted by Gasteiger charge is -2.33. The van der Waals surface area contributed by atoms with Crippen LogP contribution in [0.2, 0.25) is 20.1 Å². The van der Waals surface area contributed by atoms with Crippen molar-refractivity contribution in [3.8, 4) is 22.3 Å². The van der Waals surface area contributed by atoms with Gasteiger partial charge in [0.1, 0.15) is 11.1 Å². The first-order valence-corrected chi connectivity index (χ1v) is 24.8. The molecule has 0 aliphatic carbocycles. The Morgan fingerprint density at radius 3 is 1.39 bits per heavy atom. The molecule has 0 aliphatic heterocycles. The molecule has 4 heterocycles. The number of hydrogen-bond acceptors (Lipinski definition) is 6. The Labute approximate surface area is 438 Å². The number of rotatable bonds is 9. The average molecular weight is 1090 g/mol. The summed E-state index contributed by atoms with van der Waals surface area (Å²) >= 11 is 28.9. The molecule has 4 N–H and O–H groups in total. The highest BCUT2D eigenvalue weighted by atomic mass is 79.9. The highest BCUT2D eigenvalue weighted by molar-refractivity contribution is 9.10. The molecule has 0 saturated carbocycles. The van der Waals surface area contributed by atoms with E-state index in [1.165, 1.54) is 0 Å². The van der Waals surface area contributed by atoms with Crippen molar-refractivity contribution in [2.45, 2.75) is 24.4 Å². The molecule has 6 aromatic carbocycles. The van der Waals surface area contributed by atoms with Gasteiger partial charge in [0.15, 0.2) is 0 Å². The van der Waals surface area contributed by atoms with E-state index in [0.717, 1.165) is 94.2 Å². The van der Waals surface area contributed by atoms with Gasteiger partial charge in [-0.05, 0) is 129 Å². The number of pyridine rings is 2. The number of benzene rings is 6. The molecule has 4 aromatic heterocycles. The fourth-order valence-corrected chi connectivity index (χ4v) is 11.2. The Morgan fingerprint density at radius 1 is 0.535 bits per heavy atom. The van der Waals surface area contributed by atoms with Crippen molar-refractivity contribution in [3.63, 3.8) is 0 Å². The Balaban J connectivity index is 0.000000176. The summed E-state index contributed by atoms with van der Waals surface area (Å²) in [7, 11) is 7.39. The lowest BCUT2D eigenvalue weighted by molar-refractivity contribution is 0.591. The quantitative estimate of drug-likeness (QED) is 0.148. The molecular formula is C56H47BrCl4N8O2. The summed E-state index contributed by atoms with van der Waals surface area (Å²) in [5.41, 5.74) is 23.5. The molecule has 0 spiro atoms. The van der Waals surface area contributed by atoms with Crippen LogP contribution in [-0.2, 0) is 45.7 Å². The van der Waals surface area contributed by atoms with Gasteiger partial charge >= 0.3 is 0 Å². The molecule has 0 aliphatic rings. The zero-order valence-corrected chi connectivity index (χ0v) is 43.9. The van der Waals surface area contributed by atoms with Gasteiger partial charge in [0.05, 0.1) is 47.5 Å². The van der Waals surface area contributed by atoms with Crippen LogP contribution in [0.1, 0.15) is 46.1 Å². The van der Waals surface area contributed by atoms with Crippen LogP contribution in [0.15, 0.2) is 173 Å². The molecule has 10 aromatic rings. The van der Waals surface area contributed by atoms with Gasteiger partial charge in [-0.25, -0.2) is 9.97 Å². The third-order valence-corrected chi connectivity index (χ3v) is 14.9. The van der Waals surface area contributed by atoms with Gasteiger partial charge in [-0.3, -0.25) is 9.59 Å². The molecule has 15 heteroatoms. The number of hydrogen-bond donors (Lipinski definition) is 2. The van der Waals surface area contributed by atoms with Crippen LogP contribution in [0.3, 0.4) is 0 Å². The highest BCUT2D eigenvalue weighted by Gasteiger charge is 2.38. The van der Waals surface area contributed by atoms with Gasteiger partial charge in [0.2, 0.25) is 0 Å². The summed E-state index contributed by atoms with van der Waals surface area (Å²) < 4.78 is 7.91. The Bertz CT molecular complexity index is 3830. The van der Waals surface area contributed by atoms with Crippen LogP contribution in [0, 0.1) is 0 Å². The van der Waals surface area contributed by atoms with E-state index in [9.17, 15) is 9.59 Å². The van der Waals surface area contributed by atoms with Crippen molar-refractivity contribution in [2.75, 3.05) is 0 Å². The first-order chi connectivity index (χ1) is 33.9. The van der Waals surface area contributed by atoms with E-state index in [2.05, 4.69) is 38.9 Å². The van der Waals surface area contributed by atoms with E-state index >= 15 is 0 Å². The molecule has 10 nitrogen and oxygen atoms in total. The maximum atomic E-state index is 12.8. The Morgan fingerprint density at radius 2 is 0.972 bits per heavy atom. The van der Waals surface area contributed by atoms with E-state index < -0.39 is 11.1 Å². The smallest absolute Gasteiger partial charge is 0.251 e. The van der Waals surface area contributed by atoms with E-state index in [4.69, 9.17) is 57.9 Å². The summed E-state index contributed by atoms with van der Waals surface area (Å²) in [6.07, 6.45) is 7.81. The van der Waals surface area contributed by atoms with E-state index in [1.54, 1.807) is 60.4 Å². The number of halogens is 5. The average Bonchev–Trinajstić information content (AvgIpc) is 4.01. The van der Waals surface area contributed by atoms with Crippen molar-refractivity contribution in [1.82, 2.24) is 28.2 Å². The van der Waals surface area contributed by atoms with Gasteiger partial charge in [-0.15, -0.1) is 0 Å². The predicted molar refractivity (Wildman–Crippen MR) is 294 cm³/mol. The number of nitrogens with two attached hydrogens (primary N) is 2. The Hall–Kier alpha value is -6.28. The predicted octanol–water partition coefficient (Wildman–Crippen LogP) is 12.3. The third kappa shape index (κ3) is 9.06. The number of fused-ring (bicyclic) bond motifs is 2. The summed E-state index contributed by atoms with van der Waals surface area (Å²) in [5, 5.41) is 4.26. The first kappa shape index (κ1) is 49.7. The molecule has 0 saturated heterocycles. The minimum Gasteiger partial charge on any atom is -0.336 e.